The van der Waals surface area contributed by atoms with Crippen LogP contribution in [0.3, 0.4) is 0 Å². The van der Waals surface area contributed by atoms with E-state index in [0.29, 0.717) is 33.9 Å². The molecule has 2 N–H and O–H groups in total. The van der Waals surface area contributed by atoms with Gasteiger partial charge in [0.15, 0.2) is 6.61 Å². The normalized spacial score (nSPS) is 14.3. The Hall–Kier alpha value is -4.13. The average Bonchev–Trinajstić information content (AvgIpc) is 3.65. The standard InChI is InChI=1S/C26H22N2O5/c29-23(27-18-7-5-6-16(14-18)25(30)28-17-12-13-17)15-32-26(31)24-19-8-1-3-10-21(19)33-22-11-4-2-9-20(22)24/h1-11,14,17,24H,12-13,15H2,(H,27,29)(H,28,30). The van der Waals surface area contributed by atoms with Crippen LogP contribution in [0.25, 0.3) is 0 Å². The Balaban J connectivity index is 1.25. The van der Waals surface area contributed by atoms with Gasteiger partial charge in [0.1, 0.15) is 17.4 Å². The number of para-hydroxylation sites is 2. The number of carbonyl (C=O) groups excluding carboxylic acids is 3. The fourth-order valence-corrected chi connectivity index (χ4v) is 3.82. The van der Waals surface area contributed by atoms with Crippen LogP contribution in [0.4, 0.5) is 5.69 Å². The van der Waals surface area contributed by atoms with Crippen molar-refractivity contribution in [3.05, 3.63) is 89.5 Å². The number of fused-ring (bicyclic) bond motifs is 2. The molecule has 1 fully saturated rings. The van der Waals surface area contributed by atoms with Crippen molar-refractivity contribution < 1.29 is 23.9 Å². The smallest absolute Gasteiger partial charge is 0.318 e. The third-order valence-corrected chi connectivity index (χ3v) is 5.58. The number of ether oxygens (including phenoxy) is 2. The average molecular weight is 442 g/mol. The van der Waals surface area contributed by atoms with E-state index in [1.807, 2.05) is 36.4 Å². The van der Waals surface area contributed by atoms with E-state index in [1.54, 1.807) is 36.4 Å². The Labute approximate surface area is 190 Å². The minimum atomic E-state index is -0.687. The lowest BCUT2D eigenvalue weighted by Crippen LogP contribution is -2.27. The van der Waals surface area contributed by atoms with Gasteiger partial charge in [-0.1, -0.05) is 42.5 Å². The minimum Gasteiger partial charge on any atom is -0.457 e. The summed E-state index contributed by atoms with van der Waals surface area (Å²) >= 11 is 0. The second kappa shape index (κ2) is 8.78. The molecule has 33 heavy (non-hydrogen) atoms. The molecule has 0 atom stereocenters. The predicted molar refractivity (Wildman–Crippen MR) is 121 cm³/mol. The zero-order valence-electron chi connectivity index (χ0n) is 17.7. The number of anilines is 1. The number of amides is 2. The molecule has 1 aliphatic carbocycles. The topological polar surface area (TPSA) is 93.7 Å². The van der Waals surface area contributed by atoms with Crippen LogP contribution in [-0.2, 0) is 14.3 Å². The van der Waals surface area contributed by atoms with Crippen LogP contribution < -0.4 is 15.4 Å². The highest BCUT2D eigenvalue weighted by atomic mass is 16.5. The second-order valence-corrected chi connectivity index (χ2v) is 8.10. The summed E-state index contributed by atoms with van der Waals surface area (Å²) in [6, 6.07) is 21.5. The molecule has 2 aliphatic rings. The molecule has 0 bridgehead atoms. The first-order chi connectivity index (χ1) is 16.1. The van der Waals surface area contributed by atoms with Gasteiger partial charge in [0.25, 0.3) is 11.8 Å². The molecule has 1 heterocycles. The van der Waals surface area contributed by atoms with E-state index in [9.17, 15) is 14.4 Å². The van der Waals surface area contributed by atoms with Crippen LogP contribution in [0.1, 0.15) is 40.2 Å². The summed E-state index contributed by atoms with van der Waals surface area (Å²) in [7, 11) is 0. The van der Waals surface area contributed by atoms with Crippen molar-refractivity contribution in [1.29, 1.82) is 0 Å². The van der Waals surface area contributed by atoms with Crippen LogP contribution >= 0.6 is 0 Å². The molecule has 2 amide bonds. The molecule has 166 valence electrons. The van der Waals surface area contributed by atoms with E-state index >= 15 is 0 Å². The van der Waals surface area contributed by atoms with Crippen molar-refractivity contribution >= 4 is 23.5 Å². The van der Waals surface area contributed by atoms with Crippen LogP contribution in [0.15, 0.2) is 72.8 Å². The van der Waals surface area contributed by atoms with Gasteiger partial charge in [-0.3, -0.25) is 14.4 Å². The monoisotopic (exact) mass is 442 g/mol. The summed E-state index contributed by atoms with van der Waals surface area (Å²) in [5, 5.41) is 5.59. The molecular weight excluding hydrogens is 420 g/mol. The molecule has 1 aliphatic heterocycles. The number of hydrogen-bond donors (Lipinski definition) is 2. The Kier molecular flexibility index (Phi) is 5.52. The maximum atomic E-state index is 13.0. The van der Waals surface area contributed by atoms with E-state index in [1.165, 1.54) is 0 Å². The maximum Gasteiger partial charge on any atom is 0.318 e. The first kappa shape index (κ1) is 20.8. The largest absolute Gasteiger partial charge is 0.457 e. The van der Waals surface area contributed by atoms with Gasteiger partial charge < -0.3 is 20.1 Å². The number of nitrogens with one attached hydrogen (secondary N) is 2. The maximum absolute atomic E-state index is 13.0. The molecule has 0 spiro atoms. The Morgan fingerprint density at radius 1 is 0.879 bits per heavy atom. The Bertz CT molecular complexity index is 1190. The highest BCUT2D eigenvalue weighted by Gasteiger charge is 2.34. The lowest BCUT2D eigenvalue weighted by molar-refractivity contribution is -0.148. The number of esters is 1. The number of carbonyl (C=O) groups is 3. The number of hydrogen-bond acceptors (Lipinski definition) is 5. The molecule has 0 saturated heterocycles. The van der Waals surface area contributed by atoms with Crippen LogP contribution in [0.5, 0.6) is 11.5 Å². The first-order valence-electron chi connectivity index (χ1n) is 10.8. The van der Waals surface area contributed by atoms with Crippen molar-refractivity contribution in [1.82, 2.24) is 5.32 Å². The molecular formula is C26H22N2O5. The van der Waals surface area contributed by atoms with Gasteiger partial charge in [0, 0.05) is 28.4 Å². The molecule has 1 saturated carbocycles. The molecule has 0 radical (unpaired) electrons. The molecule has 3 aromatic rings. The van der Waals surface area contributed by atoms with Crippen LogP contribution in [0, 0.1) is 0 Å². The van der Waals surface area contributed by atoms with E-state index in [4.69, 9.17) is 9.47 Å². The van der Waals surface area contributed by atoms with Gasteiger partial charge in [-0.15, -0.1) is 0 Å². The number of benzene rings is 3. The molecule has 5 rings (SSSR count). The van der Waals surface area contributed by atoms with E-state index in [2.05, 4.69) is 10.6 Å². The van der Waals surface area contributed by atoms with Crippen LogP contribution in [-0.4, -0.2) is 30.4 Å². The molecule has 0 unspecified atom stereocenters. The lowest BCUT2D eigenvalue weighted by atomic mass is 9.88. The van der Waals surface area contributed by atoms with E-state index < -0.39 is 24.4 Å². The molecule has 7 nitrogen and oxygen atoms in total. The number of rotatable bonds is 6. The Morgan fingerprint density at radius 3 is 2.21 bits per heavy atom. The van der Waals surface area contributed by atoms with Crippen molar-refractivity contribution in [2.24, 2.45) is 0 Å². The highest BCUT2D eigenvalue weighted by Crippen LogP contribution is 2.44. The minimum absolute atomic E-state index is 0.170. The summed E-state index contributed by atoms with van der Waals surface area (Å²) < 4.78 is 11.3. The lowest BCUT2D eigenvalue weighted by Gasteiger charge is -2.26. The van der Waals surface area contributed by atoms with E-state index in [0.717, 1.165) is 12.8 Å². The van der Waals surface area contributed by atoms with Crippen molar-refractivity contribution in [3.63, 3.8) is 0 Å². The summed E-state index contributed by atoms with van der Waals surface area (Å²) in [5.74, 6) is -0.708. The van der Waals surface area contributed by atoms with Gasteiger partial charge >= 0.3 is 5.97 Å². The van der Waals surface area contributed by atoms with Crippen LogP contribution in [0.2, 0.25) is 0 Å². The first-order valence-corrected chi connectivity index (χ1v) is 10.8. The summed E-state index contributed by atoms with van der Waals surface area (Å²) in [4.78, 5) is 37.7. The Morgan fingerprint density at radius 2 is 1.55 bits per heavy atom. The molecule has 0 aromatic heterocycles. The van der Waals surface area contributed by atoms with Gasteiger partial charge in [0.05, 0.1) is 0 Å². The summed E-state index contributed by atoms with van der Waals surface area (Å²) in [5.41, 5.74) is 2.31. The highest BCUT2D eigenvalue weighted by molar-refractivity contribution is 5.98. The van der Waals surface area contributed by atoms with E-state index in [-0.39, 0.29) is 11.9 Å². The third-order valence-electron chi connectivity index (χ3n) is 5.58. The van der Waals surface area contributed by atoms with Crippen molar-refractivity contribution in [2.75, 3.05) is 11.9 Å². The second-order valence-electron chi connectivity index (χ2n) is 8.10. The zero-order valence-corrected chi connectivity index (χ0v) is 17.7. The van der Waals surface area contributed by atoms with Crippen molar-refractivity contribution in [2.45, 2.75) is 24.8 Å². The zero-order chi connectivity index (χ0) is 22.8. The molecule has 7 heteroatoms. The van der Waals surface area contributed by atoms with Gasteiger partial charge in [-0.2, -0.15) is 0 Å². The summed E-state index contributed by atoms with van der Waals surface area (Å²) in [6.07, 6.45) is 1.99. The fourth-order valence-electron chi connectivity index (χ4n) is 3.82. The summed E-state index contributed by atoms with van der Waals surface area (Å²) in [6.45, 7) is -0.445. The molecule has 3 aromatic carbocycles. The van der Waals surface area contributed by atoms with Gasteiger partial charge in [0.2, 0.25) is 0 Å². The fraction of sp³-hybridized carbons (Fsp3) is 0.192. The quantitative estimate of drug-likeness (QED) is 0.563. The van der Waals surface area contributed by atoms with Gasteiger partial charge in [-0.25, -0.2) is 0 Å². The van der Waals surface area contributed by atoms with Crippen molar-refractivity contribution in [3.8, 4) is 11.5 Å². The third kappa shape index (κ3) is 4.57. The van der Waals surface area contributed by atoms with Gasteiger partial charge in [-0.05, 0) is 43.2 Å². The SMILES string of the molecule is O=C(COC(=O)C1c2ccccc2Oc2ccccc21)Nc1cccc(C(=O)NC2CC2)c1. The predicted octanol–water partition coefficient (Wildman–Crippen LogP) is 4.00.